The SMILES string of the molecule is CN1N=C(c2ccc3ccccc3c2)C[C@@H]1c1ccc(C(F)(F)F)cc1. The number of hydrogen-bond donors (Lipinski definition) is 0. The first-order chi connectivity index (χ1) is 12.4. The van der Waals surface area contributed by atoms with E-state index < -0.39 is 11.7 Å². The minimum atomic E-state index is -4.31. The predicted molar refractivity (Wildman–Crippen MR) is 97.1 cm³/mol. The summed E-state index contributed by atoms with van der Waals surface area (Å²) in [7, 11) is 1.86. The molecule has 26 heavy (non-hydrogen) atoms. The van der Waals surface area contributed by atoms with Crippen molar-refractivity contribution in [3.63, 3.8) is 0 Å². The van der Waals surface area contributed by atoms with E-state index in [9.17, 15) is 13.2 Å². The molecular weight excluding hydrogens is 337 g/mol. The van der Waals surface area contributed by atoms with Crippen LogP contribution in [0.4, 0.5) is 13.2 Å². The van der Waals surface area contributed by atoms with Gasteiger partial charge in [-0.05, 0) is 40.1 Å². The van der Waals surface area contributed by atoms with Crippen molar-refractivity contribution in [1.29, 1.82) is 0 Å². The topological polar surface area (TPSA) is 15.6 Å². The van der Waals surface area contributed by atoms with Crippen molar-refractivity contribution in [2.45, 2.75) is 18.6 Å². The Morgan fingerprint density at radius 1 is 0.923 bits per heavy atom. The summed E-state index contributed by atoms with van der Waals surface area (Å²) in [6.07, 6.45) is -3.65. The zero-order valence-electron chi connectivity index (χ0n) is 14.2. The van der Waals surface area contributed by atoms with Gasteiger partial charge in [0.25, 0.3) is 0 Å². The number of halogens is 3. The summed E-state index contributed by atoms with van der Waals surface area (Å²) < 4.78 is 38.3. The highest BCUT2D eigenvalue weighted by atomic mass is 19.4. The quantitative estimate of drug-likeness (QED) is 0.581. The zero-order valence-corrected chi connectivity index (χ0v) is 14.2. The first-order valence-corrected chi connectivity index (χ1v) is 8.38. The third-order valence-electron chi connectivity index (χ3n) is 4.82. The minimum Gasteiger partial charge on any atom is -0.292 e. The fraction of sp³-hybridized carbons (Fsp3) is 0.190. The normalized spacial score (nSPS) is 17.6. The highest BCUT2D eigenvalue weighted by molar-refractivity contribution is 6.04. The van der Waals surface area contributed by atoms with E-state index in [0.29, 0.717) is 6.42 Å². The summed E-state index contributed by atoms with van der Waals surface area (Å²) in [5.41, 5.74) is 2.20. The van der Waals surface area contributed by atoms with Crippen LogP contribution in [0.15, 0.2) is 71.8 Å². The number of hydrogen-bond acceptors (Lipinski definition) is 2. The molecule has 1 heterocycles. The van der Waals surface area contributed by atoms with Gasteiger partial charge in [-0.25, -0.2) is 0 Å². The number of benzene rings is 3. The fourth-order valence-corrected chi connectivity index (χ4v) is 3.39. The van der Waals surface area contributed by atoms with Gasteiger partial charge in [0, 0.05) is 13.5 Å². The lowest BCUT2D eigenvalue weighted by Gasteiger charge is -2.19. The van der Waals surface area contributed by atoms with Crippen molar-refractivity contribution < 1.29 is 13.2 Å². The van der Waals surface area contributed by atoms with Crippen LogP contribution < -0.4 is 0 Å². The molecule has 0 radical (unpaired) electrons. The van der Waals surface area contributed by atoms with E-state index in [1.54, 1.807) is 12.1 Å². The Labute approximate surface area is 149 Å². The lowest BCUT2D eigenvalue weighted by atomic mass is 9.96. The van der Waals surface area contributed by atoms with Gasteiger partial charge in [0.2, 0.25) is 0 Å². The number of hydrazone groups is 1. The number of alkyl halides is 3. The molecule has 2 nitrogen and oxygen atoms in total. The van der Waals surface area contributed by atoms with Gasteiger partial charge in [0.15, 0.2) is 0 Å². The fourth-order valence-electron chi connectivity index (χ4n) is 3.39. The predicted octanol–water partition coefficient (Wildman–Crippen LogP) is 5.64. The Hall–Kier alpha value is -2.82. The zero-order chi connectivity index (χ0) is 18.3. The number of nitrogens with zero attached hydrogens (tertiary/aromatic N) is 2. The lowest BCUT2D eigenvalue weighted by molar-refractivity contribution is -0.137. The van der Waals surface area contributed by atoms with Crippen LogP contribution in [0.25, 0.3) is 10.8 Å². The van der Waals surface area contributed by atoms with Crippen molar-refractivity contribution in [2.24, 2.45) is 5.10 Å². The molecule has 0 fully saturated rings. The third kappa shape index (κ3) is 3.05. The number of fused-ring (bicyclic) bond motifs is 1. The maximum Gasteiger partial charge on any atom is 0.416 e. The minimum absolute atomic E-state index is 0.0567. The molecule has 3 aromatic rings. The van der Waals surface area contributed by atoms with Crippen molar-refractivity contribution >= 4 is 16.5 Å². The van der Waals surface area contributed by atoms with Crippen LogP contribution in [0.3, 0.4) is 0 Å². The van der Waals surface area contributed by atoms with Crippen LogP contribution in [0.5, 0.6) is 0 Å². The highest BCUT2D eigenvalue weighted by Crippen LogP contribution is 2.34. The summed E-state index contributed by atoms with van der Waals surface area (Å²) in [5.74, 6) is 0. The van der Waals surface area contributed by atoms with Crippen LogP contribution in [0.1, 0.15) is 29.2 Å². The molecule has 132 valence electrons. The maximum atomic E-state index is 12.8. The van der Waals surface area contributed by atoms with Crippen molar-refractivity contribution in [3.05, 3.63) is 83.4 Å². The maximum absolute atomic E-state index is 12.8. The van der Waals surface area contributed by atoms with E-state index in [1.165, 1.54) is 5.39 Å². The molecule has 0 saturated heterocycles. The first-order valence-electron chi connectivity index (χ1n) is 8.38. The Balaban J connectivity index is 1.59. The monoisotopic (exact) mass is 354 g/mol. The van der Waals surface area contributed by atoms with Crippen LogP contribution in [-0.2, 0) is 6.18 Å². The first kappa shape index (κ1) is 16.6. The molecule has 1 atom stereocenters. The van der Waals surface area contributed by atoms with E-state index in [-0.39, 0.29) is 6.04 Å². The molecule has 4 rings (SSSR count). The largest absolute Gasteiger partial charge is 0.416 e. The molecule has 0 amide bonds. The summed E-state index contributed by atoms with van der Waals surface area (Å²) in [5, 5.41) is 8.76. The molecule has 5 heteroatoms. The van der Waals surface area contributed by atoms with Gasteiger partial charge in [0.1, 0.15) is 0 Å². The molecule has 3 aromatic carbocycles. The van der Waals surface area contributed by atoms with Gasteiger partial charge in [-0.3, -0.25) is 5.01 Å². The van der Waals surface area contributed by atoms with E-state index >= 15 is 0 Å². The Morgan fingerprint density at radius 2 is 1.62 bits per heavy atom. The van der Waals surface area contributed by atoms with E-state index in [0.717, 1.165) is 34.4 Å². The molecule has 0 aliphatic carbocycles. The molecule has 0 saturated carbocycles. The van der Waals surface area contributed by atoms with Crippen molar-refractivity contribution in [2.75, 3.05) is 7.05 Å². The molecule has 0 N–H and O–H groups in total. The Bertz CT molecular complexity index is 974. The molecule has 0 aromatic heterocycles. The van der Waals surface area contributed by atoms with Gasteiger partial charge < -0.3 is 0 Å². The molecular formula is C21H17F3N2. The Morgan fingerprint density at radius 3 is 2.31 bits per heavy atom. The summed E-state index contributed by atoms with van der Waals surface area (Å²) >= 11 is 0. The van der Waals surface area contributed by atoms with Crippen LogP contribution in [0, 0.1) is 0 Å². The average molecular weight is 354 g/mol. The Kier molecular flexibility index (Phi) is 3.94. The standard InChI is InChI=1S/C21H17F3N2/c1-26-20(15-8-10-18(11-9-15)21(22,23)24)13-19(25-26)17-7-6-14-4-2-3-5-16(14)12-17/h2-12,20H,13H2,1H3/t20-/m1/s1. The molecule has 1 aliphatic heterocycles. The van der Waals surface area contributed by atoms with Gasteiger partial charge in [0.05, 0.1) is 17.3 Å². The summed E-state index contributed by atoms with van der Waals surface area (Å²) in [4.78, 5) is 0. The van der Waals surface area contributed by atoms with Crippen LogP contribution >= 0.6 is 0 Å². The van der Waals surface area contributed by atoms with E-state index in [2.05, 4.69) is 29.4 Å². The average Bonchev–Trinajstić information content (AvgIpc) is 3.02. The van der Waals surface area contributed by atoms with Gasteiger partial charge in [-0.2, -0.15) is 18.3 Å². The van der Waals surface area contributed by atoms with Gasteiger partial charge >= 0.3 is 6.18 Å². The second-order valence-electron chi connectivity index (χ2n) is 6.52. The van der Waals surface area contributed by atoms with E-state index in [4.69, 9.17) is 0 Å². The number of rotatable bonds is 2. The molecule has 0 bridgehead atoms. The van der Waals surface area contributed by atoms with Gasteiger partial charge in [-0.1, -0.05) is 48.5 Å². The van der Waals surface area contributed by atoms with Crippen molar-refractivity contribution in [1.82, 2.24) is 5.01 Å². The smallest absolute Gasteiger partial charge is 0.292 e. The second kappa shape index (κ2) is 6.16. The van der Waals surface area contributed by atoms with Crippen molar-refractivity contribution in [3.8, 4) is 0 Å². The summed E-state index contributed by atoms with van der Waals surface area (Å²) in [6, 6.07) is 19.7. The lowest BCUT2D eigenvalue weighted by Crippen LogP contribution is -2.14. The van der Waals surface area contributed by atoms with Crippen LogP contribution in [0.2, 0.25) is 0 Å². The van der Waals surface area contributed by atoms with E-state index in [1.807, 2.05) is 30.3 Å². The summed E-state index contributed by atoms with van der Waals surface area (Å²) in [6.45, 7) is 0. The van der Waals surface area contributed by atoms with Crippen LogP contribution in [-0.4, -0.2) is 17.8 Å². The highest BCUT2D eigenvalue weighted by Gasteiger charge is 2.31. The molecule has 1 aliphatic rings. The van der Waals surface area contributed by atoms with Gasteiger partial charge in [-0.15, -0.1) is 0 Å². The third-order valence-corrected chi connectivity index (χ3v) is 4.82. The molecule has 0 unspecified atom stereocenters. The molecule has 0 spiro atoms. The second-order valence-corrected chi connectivity index (χ2v) is 6.52.